The van der Waals surface area contributed by atoms with Crippen LogP contribution in [0.15, 0.2) is 60.1 Å². The highest BCUT2D eigenvalue weighted by Crippen LogP contribution is 2.21. The van der Waals surface area contributed by atoms with Gasteiger partial charge >= 0.3 is 0 Å². The third-order valence-corrected chi connectivity index (χ3v) is 3.97. The van der Waals surface area contributed by atoms with Crippen molar-refractivity contribution in [3.8, 4) is 5.69 Å². The van der Waals surface area contributed by atoms with Gasteiger partial charge in [-0.3, -0.25) is 9.78 Å². The topological polar surface area (TPSA) is 81.4 Å². The summed E-state index contributed by atoms with van der Waals surface area (Å²) >= 11 is 0. The lowest BCUT2D eigenvalue weighted by molar-refractivity contribution is -0.125. The molecular formula is C18H13F2N5O2. The molecule has 0 bridgehead atoms. The highest BCUT2D eigenvalue weighted by atomic mass is 19.1. The Kier molecular flexibility index (Phi) is 4.33. The van der Waals surface area contributed by atoms with Gasteiger partial charge in [-0.1, -0.05) is 5.16 Å². The van der Waals surface area contributed by atoms with Gasteiger partial charge in [0.2, 0.25) is 6.10 Å². The van der Waals surface area contributed by atoms with E-state index in [4.69, 9.17) is 4.84 Å². The van der Waals surface area contributed by atoms with Crippen LogP contribution in [0.5, 0.6) is 0 Å². The molecule has 1 atom stereocenters. The molecule has 4 rings (SSSR count). The normalized spacial score (nSPS) is 15.9. The first-order chi connectivity index (χ1) is 13.1. The maximum Gasteiger partial charge on any atom is 0.269 e. The standard InChI is InChI=1S/C18H13F2N5O2/c19-11-1-2-14(20)13(9-11)15-10-16(27-24-15)18(26)22-17-5-8-25(23-17)12-3-6-21-7-4-12/h1-9,16H,10H2,(H,22,23,26)/t16-/m1/s1. The Morgan fingerprint density at radius 3 is 2.81 bits per heavy atom. The van der Waals surface area contributed by atoms with Crippen molar-refractivity contribution in [1.29, 1.82) is 0 Å². The number of carbonyl (C=O) groups excluding carboxylic acids is 1. The van der Waals surface area contributed by atoms with Gasteiger partial charge in [0.25, 0.3) is 5.91 Å². The van der Waals surface area contributed by atoms with Crippen molar-refractivity contribution in [1.82, 2.24) is 14.8 Å². The maximum atomic E-state index is 13.8. The molecule has 0 saturated heterocycles. The van der Waals surface area contributed by atoms with E-state index >= 15 is 0 Å². The largest absolute Gasteiger partial charge is 0.382 e. The highest BCUT2D eigenvalue weighted by Gasteiger charge is 2.30. The minimum absolute atomic E-state index is 0.0211. The van der Waals surface area contributed by atoms with E-state index in [2.05, 4.69) is 20.6 Å². The lowest BCUT2D eigenvalue weighted by Crippen LogP contribution is -2.28. The van der Waals surface area contributed by atoms with Crippen molar-refractivity contribution in [2.24, 2.45) is 5.16 Å². The second-order valence-electron chi connectivity index (χ2n) is 5.80. The average Bonchev–Trinajstić information content (AvgIpc) is 3.34. The SMILES string of the molecule is O=C(Nc1ccn(-c2ccncc2)n1)[C@H]1CC(c2cc(F)ccc2F)=NO1. The second-order valence-corrected chi connectivity index (χ2v) is 5.80. The van der Waals surface area contributed by atoms with Crippen LogP contribution in [-0.2, 0) is 9.63 Å². The molecule has 0 unspecified atom stereocenters. The van der Waals surface area contributed by atoms with Gasteiger partial charge in [-0.25, -0.2) is 13.5 Å². The minimum Gasteiger partial charge on any atom is -0.382 e. The molecule has 2 aromatic heterocycles. The summed E-state index contributed by atoms with van der Waals surface area (Å²) in [7, 11) is 0. The van der Waals surface area contributed by atoms with E-state index in [9.17, 15) is 13.6 Å². The van der Waals surface area contributed by atoms with Crippen molar-refractivity contribution in [3.05, 3.63) is 72.2 Å². The van der Waals surface area contributed by atoms with Gasteiger partial charge in [-0.2, -0.15) is 5.10 Å². The van der Waals surface area contributed by atoms with E-state index in [1.807, 2.05) is 0 Å². The van der Waals surface area contributed by atoms with Crippen LogP contribution < -0.4 is 5.32 Å². The van der Waals surface area contributed by atoms with Gasteiger partial charge in [0.05, 0.1) is 11.4 Å². The van der Waals surface area contributed by atoms with E-state index in [1.165, 1.54) is 0 Å². The summed E-state index contributed by atoms with van der Waals surface area (Å²) in [6.45, 7) is 0. The Hall–Kier alpha value is -3.62. The van der Waals surface area contributed by atoms with Gasteiger partial charge in [0, 0.05) is 36.6 Å². The van der Waals surface area contributed by atoms with Gasteiger partial charge in [0.1, 0.15) is 11.6 Å². The number of hydrogen-bond donors (Lipinski definition) is 1. The Morgan fingerprint density at radius 1 is 1.19 bits per heavy atom. The van der Waals surface area contributed by atoms with E-state index in [0.717, 1.165) is 23.9 Å². The molecule has 9 heteroatoms. The Balaban J connectivity index is 1.42. The predicted molar refractivity (Wildman–Crippen MR) is 92.4 cm³/mol. The second kappa shape index (κ2) is 6.94. The molecule has 136 valence electrons. The van der Waals surface area contributed by atoms with Crippen LogP contribution in [0.3, 0.4) is 0 Å². The molecule has 1 aliphatic heterocycles. The first-order valence-electron chi connectivity index (χ1n) is 8.05. The van der Waals surface area contributed by atoms with Gasteiger partial charge in [-0.15, -0.1) is 0 Å². The lowest BCUT2D eigenvalue weighted by Gasteiger charge is -2.07. The Bertz CT molecular complexity index is 1020. The fourth-order valence-electron chi connectivity index (χ4n) is 2.63. The molecule has 3 heterocycles. The van der Waals surface area contributed by atoms with E-state index < -0.39 is 23.6 Å². The molecule has 0 saturated carbocycles. The van der Waals surface area contributed by atoms with Gasteiger partial charge in [-0.05, 0) is 30.3 Å². The summed E-state index contributed by atoms with van der Waals surface area (Å²) in [6, 6.07) is 8.21. The zero-order valence-corrected chi connectivity index (χ0v) is 13.8. The molecular weight excluding hydrogens is 356 g/mol. The number of hydrogen-bond acceptors (Lipinski definition) is 5. The minimum atomic E-state index is -0.950. The number of carbonyl (C=O) groups is 1. The molecule has 0 fully saturated rings. The van der Waals surface area contributed by atoms with Crippen LogP contribution in [-0.4, -0.2) is 32.5 Å². The molecule has 3 aromatic rings. The monoisotopic (exact) mass is 369 g/mol. The molecule has 1 aromatic carbocycles. The van der Waals surface area contributed by atoms with Crippen LogP contribution in [0.4, 0.5) is 14.6 Å². The lowest BCUT2D eigenvalue weighted by atomic mass is 10.0. The number of pyridine rings is 1. The van der Waals surface area contributed by atoms with Crippen molar-refractivity contribution >= 4 is 17.4 Å². The molecule has 1 amide bonds. The van der Waals surface area contributed by atoms with Crippen molar-refractivity contribution in [2.45, 2.75) is 12.5 Å². The van der Waals surface area contributed by atoms with Crippen LogP contribution in [0.25, 0.3) is 5.69 Å². The van der Waals surface area contributed by atoms with Crippen molar-refractivity contribution in [3.63, 3.8) is 0 Å². The number of benzene rings is 1. The van der Waals surface area contributed by atoms with E-state index in [0.29, 0.717) is 5.82 Å². The summed E-state index contributed by atoms with van der Waals surface area (Å²) in [4.78, 5) is 21.4. The zero-order valence-electron chi connectivity index (χ0n) is 13.8. The molecule has 0 spiro atoms. The third-order valence-electron chi connectivity index (χ3n) is 3.97. The summed E-state index contributed by atoms with van der Waals surface area (Å²) < 4.78 is 28.7. The summed E-state index contributed by atoms with van der Waals surface area (Å²) in [5.74, 6) is -1.38. The highest BCUT2D eigenvalue weighted by molar-refractivity contribution is 6.06. The fourth-order valence-corrected chi connectivity index (χ4v) is 2.63. The number of nitrogens with one attached hydrogen (secondary N) is 1. The van der Waals surface area contributed by atoms with Crippen LogP contribution in [0.1, 0.15) is 12.0 Å². The molecule has 0 aliphatic carbocycles. The average molecular weight is 369 g/mol. The molecule has 7 nitrogen and oxygen atoms in total. The summed E-state index contributed by atoms with van der Waals surface area (Å²) in [5.41, 5.74) is 0.941. The molecule has 0 radical (unpaired) electrons. The fraction of sp³-hybridized carbons (Fsp3) is 0.111. The zero-order chi connectivity index (χ0) is 18.8. The maximum absolute atomic E-state index is 13.8. The molecule has 1 N–H and O–H groups in total. The van der Waals surface area contributed by atoms with E-state index in [-0.39, 0.29) is 17.7 Å². The smallest absolute Gasteiger partial charge is 0.269 e. The van der Waals surface area contributed by atoms with Gasteiger partial charge < -0.3 is 10.2 Å². The van der Waals surface area contributed by atoms with Crippen LogP contribution in [0, 0.1) is 11.6 Å². The first-order valence-corrected chi connectivity index (χ1v) is 8.05. The van der Waals surface area contributed by atoms with Gasteiger partial charge in [0.15, 0.2) is 5.82 Å². The van der Waals surface area contributed by atoms with Crippen LogP contribution >= 0.6 is 0 Å². The number of rotatable bonds is 4. The predicted octanol–water partition coefficient (Wildman–Crippen LogP) is 2.68. The number of anilines is 1. The number of halogens is 2. The van der Waals surface area contributed by atoms with Crippen LogP contribution in [0.2, 0.25) is 0 Å². The van der Waals surface area contributed by atoms with Crippen molar-refractivity contribution in [2.75, 3.05) is 5.32 Å². The summed E-state index contributed by atoms with van der Waals surface area (Å²) in [5, 5.41) is 10.6. The summed E-state index contributed by atoms with van der Waals surface area (Å²) in [6.07, 6.45) is 4.02. The molecule has 1 aliphatic rings. The number of amides is 1. The Morgan fingerprint density at radius 2 is 2.00 bits per heavy atom. The van der Waals surface area contributed by atoms with E-state index in [1.54, 1.807) is 41.5 Å². The first kappa shape index (κ1) is 16.8. The Labute approximate surface area is 152 Å². The third kappa shape index (κ3) is 3.52. The number of nitrogens with zero attached hydrogens (tertiary/aromatic N) is 4. The number of aromatic nitrogens is 3. The number of oxime groups is 1. The quantitative estimate of drug-likeness (QED) is 0.767. The van der Waals surface area contributed by atoms with Crippen molar-refractivity contribution < 1.29 is 18.4 Å². The molecule has 27 heavy (non-hydrogen) atoms.